The van der Waals surface area contributed by atoms with E-state index in [-0.39, 0.29) is 0 Å². The molecule has 1 N–H and O–H groups in total. The molecule has 2 atom stereocenters. The molecule has 2 aliphatic heterocycles. The molecule has 2 aliphatic rings. The first kappa shape index (κ1) is 20.2. The number of hydrogen-bond donors (Lipinski definition) is 1. The molecule has 156 valence electrons. The predicted octanol–water partition coefficient (Wildman–Crippen LogP) is 3.11. The molecule has 0 spiro atoms. The number of hydrogen-bond acceptors (Lipinski definition) is 5. The Balaban J connectivity index is 1.26. The van der Waals surface area contributed by atoms with E-state index in [9.17, 15) is 5.11 Å². The summed E-state index contributed by atoms with van der Waals surface area (Å²) in [5.41, 5.74) is 4.61. The number of piperazine rings is 1. The summed E-state index contributed by atoms with van der Waals surface area (Å²) in [6.07, 6.45) is -0.508. The van der Waals surface area contributed by atoms with Gasteiger partial charge in [-0.25, -0.2) is 0 Å². The highest BCUT2D eigenvalue weighted by Crippen LogP contribution is 2.39. The number of β-amino-alcohol motifs (C(OH)–C–C–N with tert-alkyl or cyclic N) is 1. The van der Waals surface area contributed by atoms with Crippen molar-refractivity contribution in [2.75, 3.05) is 50.8 Å². The van der Waals surface area contributed by atoms with E-state index in [1.807, 2.05) is 31.2 Å². The lowest BCUT2D eigenvalue weighted by Gasteiger charge is -2.38. The van der Waals surface area contributed by atoms with Crippen LogP contribution in [0.4, 0.5) is 5.69 Å². The number of nitrogens with zero attached hydrogens (tertiary/aromatic N) is 2. The van der Waals surface area contributed by atoms with Crippen LogP contribution in [0.15, 0.2) is 42.5 Å². The molecule has 29 heavy (non-hydrogen) atoms. The van der Waals surface area contributed by atoms with Crippen LogP contribution in [0.1, 0.15) is 23.6 Å². The maximum Gasteiger partial charge on any atom is 0.128 e. The molecule has 2 aromatic rings. The van der Waals surface area contributed by atoms with E-state index >= 15 is 0 Å². The van der Waals surface area contributed by atoms with E-state index in [1.54, 1.807) is 0 Å². The molecular formula is C24H32N2O3. The van der Waals surface area contributed by atoms with Crippen LogP contribution in [0.3, 0.4) is 0 Å². The third-order valence-corrected chi connectivity index (χ3v) is 6.31. The Morgan fingerprint density at radius 2 is 1.83 bits per heavy atom. The smallest absolute Gasteiger partial charge is 0.128 e. The fourth-order valence-corrected chi connectivity index (χ4v) is 4.32. The number of ether oxygens (including phenoxy) is 2. The predicted molar refractivity (Wildman–Crippen MR) is 116 cm³/mol. The van der Waals surface area contributed by atoms with Crippen LogP contribution in [0, 0.1) is 13.8 Å². The van der Waals surface area contributed by atoms with Gasteiger partial charge in [-0.05, 0) is 44.0 Å². The van der Waals surface area contributed by atoms with E-state index in [1.165, 1.54) is 16.8 Å². The number of benzene rings is 2. The Kier molecular flexibility index (Phi) is 5.81. The lowest BCUT2D eigenvalue weighted by molar-refractivity contribution is -0.0859. The highest BCUT2D eigenvalue weighted by Gasteiger charge is 2.37. The highest BCUT2D eigenvalue weighted by molar-refractivity contribution is 5.56. The van der Waals surface area contributed by atoms with Crippen LogP contribution < -0.4 is 9.64 Å². The zero-order chi connectivity index (χ0) is 20.4. The minimum Gasteiger partial charge on any atom is -0.490 e. The summed E-state index contributed by atoms with van der Waals surface area (Å²) < 4.78 is 11.9. The maximum absolute atomic E-state index is 10.6. The maximum atomic E-state index is 10.6. The molecule has 5 heteroatoms. The molecule has 4 rings (SSSR count). The number of anilines is 1. The van der Waals surface area contributed by atoms with Gasteiger partial charge in [0.25, 0.3) is 0 Å². The Labute approximate surface area is 173 Å². The van der Waals surface area contributed by atoms with Gasteiger partial charge >= 0.3 is 0 Å². The van der Waals surface area contributed by atoms with E-state index in [2.05, 4.69) is 41.8 Å². The van der Waals surface area contributed by atoms with Gasteiger partial charge < -0.3 is 19.5 Å². The van der Waals surface area contributed by atoms with Gasteiger partial charge in [-0.15, -0.1) is 0 Å². The van der Waals surface area contributed by atoms with Crippen molar-refractivity contribution in [2.45, 2.75) is 32.5 Å². The Hall–Kier alpha value is -2.08. The molecule has 2 aromatic carbocycles. The van der Waals surface area contributed by atoms with Crippen LogP contribution in [-0.4, -0.2) is 62.0 Å². The van der Waals surface area contributed by atoms with Crippen LogP contribution in [0.2, 0.25) is 0 Å². The molecule has 1 fully saturated rings. The van der Waals surface area contributed by atoms with Gasteiger partial charge in [0.2, 0.25) is 0 Å². The molecule has 0 aromatic heterocycles. The first-order chi connectivity index (χ1) is 14.0. The SMILES string of the molecule is Cc1cccc(N2CCN(CC(O)COC3(C)COc4ccccc43)CC2)c1C. The van der Waals surface area contributed by atoms with Crippen molar-refractivity contribution >= 4 is 5.69 Å². The minimum atomic E-state index is -0.508. The quantitative estimate of drug-likeness (QED) is 0.813. The summed E-state index contributed by atoms with van der Waals surface area (Å²) in [5, 5.41) is 10.6. The molecule has 0 saturated carbocycles. The molecular weight excluding hydrogens is 364 g/mol. The molecule has 1 saturated heterocycles. The number of fused-ring (bicyclic) bond motifs is 1. The summed E-state index contributed by atoms with van der Waals surface area (Å²) >= 11 is 0. The molecule has 0 bridgehead atoms. The number of aliphatic hydroxyl groups excluding tert-OH is 1. The number of aryl methyl sites for hydroxylation is 1. The number of rotatable bonds is 6. The van der Waals surface area contributed by atoms with Crippen molar-refractivity contribution in [3.63, 3.8) is 0 Å². The van der Waals surface area contributed by atoms with Crippen molar-refractivity contribution in [1.82, 2.24) is 4.90 Å². The second kappa shape index (κ2) is 8.34. The van der Waals surface area contributed by atoms with E-state index in [0.717, 1.165) is 37.5 Å². The Bertz CT molecular complexity index is 848. The minimum absolute atomic E-state index is 0.311. The van der Waals surface area contributed by atoms with E-state index < -0.39 is 11.7 Å². The average Bonchev–Trinajstić information content (AvgIpc) is 3.07. The molecule has 0 aliphatic carbocycles. The van der Waals surface area contributed by atoms with Crippen LogP contribution >= 0.6 is 0 Å². The van der Waals surface area contributed by atoms with Gasteiger partial charge in [0, 0.05) is 44.0 Å². The normalized spacial score (nSPS) is 23.0. The highest BCUT2D eigenvalue weighted by atomic mass is 16.6. The van der Waals surface area contributed by atoms with Crippen LogP contribution in [-0.2, 0) is 10.3 Å². The second-order valence-corrected chi connectivity index (χ2v) is 8.49. The van der Waals surface area contributed by atoms with Crippen molar-refractivity contribution in [1.29, 1.82) is 0 Å². The van der Waals surface area contributed by atoms with Crippen LogP contribution in [0.25, 0.3) is 0 Å². The van der Waals surface area contributed by atoms with Gasteiger partial charge in [0.05, 0.1) is 12.7 Å². The summed E-state index contributed by atoms with van der Waals surface area (Å²) in [7, 11) is 0. The fourth-order valence-electron chi connectivity index (χ4n) is 4.32. The molecule has 0 radical (unpaired) electrons. The zero-order valence-electron chi connectivity index (χ0n) is 17.7. The van der Waals surface area contributed by atoms with E-state index in [0.29, 0.717) is 19.8 Å². The van der Waals surface area contributed by atoms with Gasteiger partial charge in [-0.2, -0.15) is 0 Å². The molecule has 5 nitrogen and oxygen atoms in total. The fraction of sp³-hybridized carbons (Fsp3) is 0.500. The third kappa shape index (κ3) is 4.27. The van der Waals surface area contributed by atoms with Crippen molar-refractivity contribution in [3.05, 3.63) is 59.2 Å². The van der Waals surface area contributed by atoms with Gasteiger partial charge in [0.15, 0.2) is 0 Å². The first-order valence-electron chi connectivity index (χ1n) is 10.5. The largest absolute Gasteiger partial charge is 0.490 e. The number of aliphatic hydroxyl groups is 1. The second-order valence-electron chi connectivity index (χ2n) is 8.49. The van der Waals surface area contributed by atoms with Gasteiger partial charge in [0.1, 0.15) is 18.0 Å². The van der Waals surface area contributed by atoms with Crippen molar-refractivity contribution < 1.29 is 14.6 Å². The lowest BCUT2D eigenvalue weighted by atomic mass is 9.98. The first-order valence-corrected chi connectivity index (χ1v) is 10.5. The molecule has 2 heterocycles. The lowest BCUT2D eigenvalue weighted by Crippen LogP contribution is -2.49. The van der Waals surface area contributed by atoms with Crippen molar-refractivity contribution in [2.24, 2.45) is 0 Å². The zero-order valence-corrected chi connectivity index (χ0v) is 17.7. The Morgan fingerprint density at radius 1 is 1.07 bits per heavy atom. The van der Waals surface area contributed by atoms with Gasteiger partial charge in [-0.1, -0.05) is 30.3 Å². The summed E-state index contributed by atoms with van der Waals surface area (Å²) in [6.45, 7) is 11.7. The molecule has 2 unspecified atom stereocenters. The summed E-state index contributed by atoms with van der Waals surface area (Å²) in [6, 6.07) is 14.5. The average molecular weight is 397 g/mol. The standard InChI is InChI=1S/C24H32N2O3/c1-18-7-6-9-22(19(18)2)26-13-11-25(12-14-26)15-20(27)16-29-24(3)17-28-23-10-5-4-8-21(23)24/h4-10,20,27H,11-17H2,1-3H3. The third-order valence-electron chi connectivity index (χ3n) is 6.31. The van der Waals surface area contributed by atoms with Gasteiger partial charge in [-0.3, -0.25) is 4.90 Å². The van der Waals surface area contributed by atoms with E-state index in [4.69, 9.17) is 9.47 Å². The summed E-state index contributed by atoms with van der Waals surface area (Å²) in [5.74, 6) is 0.882. The van der Waals surface area contributed by atoms with Crippen LogP contribution in [0.5, 0.6) is 5.75 Å². The summed E-state index contributed by atoms with van der Waals surface area (Å²) in [4.78, 5) is 4.78. The van der Waals surface area contributed by atoms with Crippen molar-refractivity contribution in [3.8, 4) is 5.75 Å². The Morgan fingerprint density at radius 3 is 2.62 bits per heavy atom. The monoisotopic (exact) mass is 396 g/mol. The topological polar surface area (TPSA) is 45.2 Å². The number of para-hydroxylation sites is 1. The molecule has 0 amide bonds.